The molecule has 0 saturated carbocycles. The number of aryl methyl sites for hydroxylation is 2. The van der Waals surface area contributed by atoms with Gasteiger partial charge in [0.15, 0.2) is 0 Å². The molecule has 0 bridgehead atoms. The second-order valence-corrected chi connectivity index (χ2v) is 10.1. The first-order valence-corrected chi connectivity index (χ1v) is 12.2. The Morgan fingerprint density at radius 1 is 1.03 bits per heavy atom. The molecule has 6 nitrogen and oxygen atoms in total. The van der Waals surface area contributed by atoms with E-state index in [1.165, 1.54) is 17.4 Å². The van der Waals surface area contributed by atoms with E-state index in [0.717, 1.165) is 35.7 Å². The first-order valence-electron chi connectivity index (χ1n) is 10.3. The highest BCUT2D eigenvalue weighted by atomic mass is 32.2. The van der Waals surface area contributed by atoms with Crippen LogP contribution in [-0.4, -0.2) is 55.1 Å². The SMILES string of the molecule is CCC(C)c1nc(C)c(Cc2ccc(C)cc2)c(N2CCN(S(C)(=O)=O)CC2)n1. The molecule has 1 aromatic carbocycles. The topological polar surface area (TPSA) is 66.4 Å². The van der Waals surface area contributed by atoms with E-state index >= 15 is 0 Å². The third kappa shape index (κ3) is 5.14. The van der Waals surface area contributed by atoms with E-state index < -0.39 is 10.0 Å². The molecule has 7 heteroatoms. The summed E-state index contributed by atoms with van der Waals surface area (Å²) in [6.07, 6.45) is 3.04. The molecule has 1 aromatic heterocycles. The zero-order valence-electron chi connectivity index (χ0n) is 18.1. The lowest BCUT2D eigenvalue weighted by Gasteiger charge is -2.35. The van der Waals surface area contributed by atoms with E-state index in [4.69, 9.17) is 9.97 Å². The van der Waals surface area contributed by atoms with Crippen LogP contribution >= 0.6 is 0 Å². The summed E-state index contributed by atoms with van der Waals surface area (Å²) in [6.45, 7) is 10.7. The minimum Gasteiger partial charge on any atom is -0.354 e. The van der Waals surface area contributed by atoms with Gasteiger partial charge >= 0.3 is 0 Å². The van der Waals surface area contributed by atoms with Crippen molar-refractivity contribution in [1.29, 1.82) is 0 Å². The fraction of sp³-hybridized carbons (Fsp3) is 0.545. The van der Waals surface area contributed by atoms with Crippen LogP contribution in [0.3, 0.4) is 0 Å². The maximum absolute atomic E-state index is 11.9. The Kier molecular flexibility index (Phi) is 6.58. The molecule has 1 saturated heterocycles. The van der Waals surface area contributed by atoms with Crippen molar-refractivity contribution in [3.05, 3.63) is 52.5 Å². The summed E-state index contributed by atoms with van der Waals surface area (Å²) in [5.41, 5.74) is 4.62. The fourth-order valence-corrected chi connectivity index (χ4v) is 4.44. The number of hydrogen-bond acceptors (Lipinski definition) is 5. The maximum Gasteiger partial charge on any atom is 0.211 e. The van der Waals surface area contributed by atoms with Gasteiger partial charge in [-0.05, 0) is 25.8 Å². The number of piperazine rings is 1. The predicted molar refractivity (Wildman–Crippen MR) is 118 cm³/mol. The highest BCUT2D eigenvalue weighted by Gasteiger charge is 2.27. The minimum atomic E-state index is -3.15. The summed E-state index contributed by atoms with van der Waals surface area (Å²) in [5.74, 6) is 2.12. The van der Waals surface area contributed by atoms with Gasteiger partial charge in [0, 0.05) is 49.8 Å². The van der Waals surface area contributed by atoms with Crippen LogP contribution in [0, 0.1) is 13.8 Å². The largest absolute Gasteiger partial charge is 0.354 e. The Labute approximate surface area is 175 Å². The van der Waals surface area contributed by atoms with Crippen molar-refractivity contribution >= 4 is 15.8 Å². The molecule has 1 aliphatic rings. The second kappa shape index (κ2) is 8.79. The number of hydrogen-bond donors (Lipinski definition) is 0. The van der Waals surface area contributed by atoms with Gasteiger partial charge in [-0.2, -0.15) is 4.31 Å². The number of nitrogens with zero attached hydrogens (tertiary/aromatic N) is 4. The first kappa shape index (κ1) is 21.7. The quantitative estimate of drug-likeness (QED) is 0.723. The summed E-state index contributed by atoms with van der Waals surface area (Å²) in [5, 5.41) is 0. The van der Waals surface area contributed by atoms with E-state index in [2.05, 4.69) is 56.9 Å². The van der Waals surface area contributed by atoms with Gasteiger partial charge in [-0.25, -0.2) is 18.4 Å². The number of anilines is 1. The van der Waals surface area contributed by atoms with Crippen LogP contribution in [0.1, 0.15) is 54.4 Å². The van der Waals surface area contributed by atoms with Crippen molar-refractivity contribution in [2.75, 3.05) is 37.3 Å². The predicted octanol–water partition coefficient (Wildman–Crippen LogP) is 3.28. The van der Waals surface area contributed by atoms with Crippen molar-refractivity contribution in [3.8, 4) is 0 Å². The van der Waals surface area contributed by atoms with Crippen molar-refractivity contribution in [1.82, 2.24) is 14.3 Å². The monoisotopic (exact) mass is 416 g/mol. The molecular formula is C22H32N4O2S. The first-order chi connectivity index (χ1) is 13.7. The summed E-state index contributed by atoms with van der Waals surface area (Å²) < 4.78 is 25.3. The summed E-state index contributed by atoms with van der Waals surface area (Å²) >= 11 is 0. The molecule has 0 spiro atoms. The third-order valence-corrected chi connectivity index (χ3v) is 7.07. The molecule has 1 unspecified atom stereocenters. The number of rotatable bonds is 6. The van der Waals surface area contributed by atoms with Crippen molar-refractivity contribution < 1.29 is 8.42 Å². The van der Waals surface area contributed by atoms with Gasteiger partial charge in [-0.15, -0.1) is 0 Å². The zero-order chi connectivity index (χ0) is 21.2. The number of benzene rings is 1. The molecule has 1 fully saturated rings. The van der Waals surface area contributed by atoms with Gasteiger partial charge in [-0.3, -0.25) is 0 Å². The van der Waals surface area contributed by atoms with Gasteiger partial charge < -0.3 is 4.90 Å². The van der Waals surface area contributed by atoms with E-state index in [-0.39, 0.29) is 5.92 Å². The van der Waals surface area contributed by atoms with Crippen molar-refractivity contribution in [3.63, 3.8) is 0 Å². The van der Waals surface area contributed by atoms with E-state index in [0.29, 0.717) is 26.2 Å². The Balaban J connectivity index is 1.96. The lowest BCUT2D eigenvalue weighted by Crippen LogP contribution is -2.49. The van der Waals surface area contributed by atoms with Gasteiger partial charge in [0.05, 0.1) is 6.26 Å². The highest BCUT2D eigenvalue weighted by Crippen LogP contribution is 2.28. The van der Waals surface area contributed by atoms with Crippen LogP contribution in [-0.2, 0) is 16.4 Å². The smallest absolute Gasteiger partial charge is 0.211 e. The van der Waals surface area contributed by atoms with Crippen molar-refractivity contribution in [2.24, 2.45) is 0 Å². The summed E-state index contributed by atoms with van der Waals surface area (Å²) in [6, 6.07) is 8.57. The Morgan fingerprint density at radius 3 is 2.21 bits per heavy atom. The lowest BCUT2D eigenvalue weighted by molar-refractivity contribution is 0.386. The van der Waals surface area contributed by atoms with Crippen LogP contribution in [0.2, 0.25) is 0 Å². The second-order valence-electron chi connectivity index (χ2n) is 8.09. The number of sulfonamides is 1. The van der Waals surface area contributed by atoms with Crippen LogP contribution in [0.15, 0.2) is 24.3 Å². The Bertz CT molecular complexity index is 950. The van der Waals surface area contributed by atoms with Crippen LogP contribution < -0.4 is 4.90 Å². The van der Waals surface area contributed by atoms with Gasteiger partial charge in [-0.1, -0.05) is 43.7 Å². The van der Waals surface area contributed by atoms with E-state index in [1.807, 2.05) is 0 Å². The Hall–Kier alpha value is -1.99. The minimum absolute atomic E-state index is 0.290. The van der Waals surface area contributed by atoms with Crippen molar-refractivity contribution in [2.45, 2.75) is 46.5 Å². The fourth-order valence-electron chi connectivity index (χ4n) is 3.62. The van der Waals surface area contributed by atoms with E-state index in [9.17, 15) is 8.42 Å². The van der Waals surface area contributed by atoms with Gasteiger partial charge in [0.2, 0.25) is 10.0 Å². The van der Waals surface area contributed by atoms with Gasteiger partial charge in [0.25, 0.3) is 0 Å². The summed E-state index contributed by atoms with van der Waals surface area (Å²) in [7, 11) is -3.15. The maximum atomic E-state index is 11.9. The standard InChI is InChI=1S/C22H32N4O2S/c1-6-17(3)21-23-18(4)20(15-19-9-7-16(2)8-10-19)22(24-21)25-11-13-26(14-12-25)29(5,27)28/h7-10,17H,6,11-15H2,1-5H3. The highest BCUT2D eigenvalue weighted by molar-refractivity contribution is 7.88. The molecule has 0 N–H and O–H groups in total. The lowest BCUT2D eigenvalue weighted by atomic mass is 10.0. The molecule has 0 radical (unpaired) electrons. The molecule has 1 aliphatic heterocycles. The average Bonchev–Trinajstić information content (AvgIpc) is 2.69. The van der Waals surface area contributed by atoms with Gasteiger partial charge in [0.1, 0.15) is 11.6 Å². The molecule has 2 heterocycles. The zero-order valence-corrected chi connectivity index (χ0v) is 19.0. The Morgan fingerprint density at radius 2 is 1.66 bits per heavy atom. The van der Waals surface area contributed by atoms with E-state index in [1.54, 1.807) is 4.31 Å². The molecule has 29 heavy (non-hydrogen) atoms. The van der Waals surface area contributed by atoms with Crippen LogP contribution in [0.25, 0.3) is 0 Å². The molecule has 158 valence electrons. The molecule has 0 aliphatic carbocycles. The number of aromatic nitrogens is 2. The molecule has 1 atom stereocenters. The van der Waals surface area contributed by atoms with Crippen LogP contribution in [0.4, 0.5) is 5.82 Å². The summed E-state index contributed by atoms with van der Waals surface area (Å²) in [4.78, 5) is 12.0. The molecule has 2 aromatic rings. The average molecular weight is 417 g/mol. The molecular weight excluding hydrogens is 384 g/mol. The molecule has 0 amide bonds. The van der Waals surface area contributed by atoms with Crippen LogP contribution in [0.5, 0.6) is 0 Å². The molecule has 3 rings (SSSR count). The normalized spacial score (nSPS) is 16.8. The third-order valence-electron chi connectivity index (χ3n) is 5.77.